The first kappa shape index (κ1) is 21.5. The lowest BCUT2D eigenvalue weighted by molar-refractivity contribution is -0.118. The molecule has 6 nitrogen and oxygen atoms in total. The van der Waals surface area contributed by atoms with Crippen LogP contribution in [0.25, 0.3) is 20.9 Å². The number of ketones is 1. The SMILES string of the molecule is O=C(COc1ccc(C(=O)c2ccccc2)cc1)Nc1cccc(-c2nc3cccnc3s2)c1. The first-order valence-electron chi connectivity index (χ1n) is 10.6. The summed E-state index contributed by atoms with van der Waals surface area (Å²) in [5.41, 5.74) is 3.59. The van der Waals surface area contributed by atoms with Crippen molar-refractivity contribution in [1.29, 1.82) is 0 Å². The third-order valence-corrected chi connectivity index (χ3v) is 6.11. The van der Waals surface area contributed by atoms with E-state index in [4.69, 9.17) is 4.74 Å². The molecular formula is C27H19N3O3S. The Kier molecular flexibility index (Phi) is 6.09. The van der Waals surface area contributed by atoms with Gasteiger partial charge in [-0.1, -0.05) is 53.8 Å². The van der Waals surface area contributed by atoms with E-state index in [-0.39, 0.29) is 18.3 Å². The Morgan fingerprint density at radius 1 is 0.853 bits per heavy atom. The number of carbonyl (C=O) groups excluding carboxylic acids is 2. The normalized spacial score (nSPS) is 10.7. The number of benzene rings is 3. The molecule has 1 N–H and O–H groups in total. The summed E-state index contributed by atoms with van der Waals surface area (Å²) in [5, 5.41) is 3.69. The zero-order valence-corrected chi connectivity index (χ0v) is 18.8. The highest BCUT2D eigenvalue weighted by Gasteiger charge is 2.11. The zero-order chi connectivity index (χ0) is 23.3. The standard InChI is InChI=1S/C27H19N3O3S/c31-24(17-33-22-13-11-19(12-14-22)25(32)18-6-2-1-3-7-18)29-21-9-4-8-20(16-21)26-30-23-10-5-15-28-27(23)34-26/h1-16H,17H2,(H,29,31). The fourth-order valence-electron chi connectivity index (χ4n) is 3.43. The van der Waals surface area contributed by atoms with E-state index in [0.29, 0.717) is 22.6 Å². The highest BCUT2D eigenvalue weighted by Crippen LogP contribution is 2.30. The van der Waals surface area contributed by atoms with Gasteiger partial charge >= 0.3 is 0 Å². The number of pyridine rings is 1. The summed E-state index contributed by atoms with van der Waals surface area (Å²) in [6.07, 6.45) is 1.75. The van der Waals surface area contributed by atoms with Gasteiger partial charge in [0.25, 0.3) is 5.91 Å². The summed E-state index contributed by atoms with van der Waals surface area (Å²) in [6, 6.07) is 27.1. The number of aromatic nitrogens is 2. The molecule has 2 heterocycles. The van der Waals surface area contributed by atoms with Crippen LogP contribution in [0.1, 0.15) is 15.9 Å². The number of amides is 1. The molecule has 0 saturated heterocycles. The van der Waals surface area contributed by atoms with Gasteiger partial charge in [-0.2, -0.15) is 0 Å². The second kappa shape index (κ2) is 9.64. The minimum Gasteiger partial charge on any atom is -0.484 e. The molecule has 0 atom stereocenters. The molecule has 0 fully saturated rings. The summed E-state index contributed by atoms with van der Waals surface area (Å²) in [6.45, 7) is -0.152. The molecular weight excluding hydrogens is 446 g/mol. The summed E-state index contributed by atoms with van der Waals surface area (Å²) in [7, 11) is 0. The van der Waals surface area contributed by atoms with Crippen molar-refractivity contribution in [2.75, 3.05) is 11.9 Å². The maximum Gasteiger partial charge on any atom is 0.262 e. The van der Waals surface area contributed by atoms with Crippen LogP contribution < -0.4 is 10.1 Å². The molecule has 1 amide bonds. The number of thiazole rings is 1. The minimum absolute atomic E-state index is 0.0614. The third kappa shape index (κ3) is 4.84. The van der Waals surface area contributed by atoms with Gasteiger partial charge in [0.2, 0.25) is 0 Å². The van der Waals surface area contributed by atoms with Gasteiger partial charge in [0.15, 0.2) is 12.4 Å². The van der Waals surface area contributed by atoms with Crippen LogP contribution >= 0.6 is 11.3 Å². The maximum atomic E-state index is 12.5. The molecule has 0 radical (unpaired) electrons. The van der Waals surface area contributed by atoms with E-state index in [9.17, 15) is 9.59 Å². The Labute approximate surface area is 199 Å². The molecule has 0 saturated carbocycles. The van der Waals surface area contributed by atoms with Crippen LogP contribution in [0.3, 0.4) is 0 Å². The number of nitrogens with one attached hydrogen (secondary N) is 1. The van der Waals surface area contributed by atoms with Gasteiger partial charge < -0.3 is 10.1 Å². The molecule has 0 spiro atoms. The van der Waals surface area contributed by atoms with E-state index in [0.717, 1.165) is 20.9 Å². The highest BCUT2D eigenvalue weighted by atomic mass is 32.1. The molecule has 0 aliphatic carbocycles. The Bertz CT molecular complexity index is 1430. The van der Waals surface area contributed by atoms with Crippen molar-refractivity contribution in [3.63, 3.8) is 0 Å². The molecule has 7 heteroatoms. The highest BCUT2D eigenvalue weighted by molar-refractivity contribution is 7.21. The van der Waals surface area contributed by atoms with Crippen molar-refractivity contribution in [1.82, 2.24) is 9.97 Å². The summed E-state index contributed by atoms with van der Waals surface area (Å²) in [5.74, 6) is 0.164. The predicted octanol–water partition coefficient (Wildman–Crippen LogP) is 5.61. The van der Waals surface area contributed by atoms with Crippen molar-refractivity contribution >= 4 is 39.1 Å². The summed E-state index contributed by atoms with van der Waals surface area (Å²) in [4.78, 5) is 34.7. The lowest BCUT2D eigenvalue weighted by Crippen LogP contribution is -2.20. The molecule has 3 aromatic carbocycles. The third-order valence-electron chi connectivity index (χ3n) is 5.08. The van der Waals surface area contributed by atoms with Gasteiger partial charge in [-0.3, -0.25) is 9.59 Å². The lowest BCUT2D eigenvalue weighted by atomic mass is 10.0. The van der Waals surface area contributed by atoms with Crippen LogP contribution in [-0.2, 0) is 4.79 Å². The number of hydrogen-bond donors (Lipinski definition) is 1. The fourth-order valence-corrected chi connectivity index (χ4v) is 4.33. The van der Waals surface area contributed by atoms with Crippen molar-refractivity contribution in [2.45, 2.75) is 0 Å². The van der Waals surface area contributed by atoms with E-state index in [2.05, 4.69) is 15.3 Å². The van der Waals surface area contributed by atoms with Crippen LogP contribution in [0.5, 0.6) is 5.75 Å². The number of hydrogen-bond acceptors (Lipinski definition) is 6. The largest absolute Gasteiger partial charge is 0.484 e. The number of nitrogens with zero attached hydrogens (tertiary/aromatic N) is 2. The van der Waals surface area contributed by atoms with E-state index in [1.807, 2.05) is 54.6 Å². The first-order chi connectivity index (χ1) is 16.7. The quantitative estimate of drug-likeness (QED) is 0.316. The zero-order valence-electron chi connectivity index (χ0n) is 18.0. The van der Waals surface area contributed by atoms with Crippen LogP contribution in [0.15, 0.2) is 97.2 Å². The predicted molar refractivity (Wildman–Crippen MR) is 133 cm³/mol. The summed E-state index contributed by atoms with van der Waals surface area (Å²) < 4.78 is 5.59. The Hall–Kier alpha value is -4.36. The Morgan fingerprint density at radius 2 is 1.65 bits per heavy atom. The molecule has 0 aliphatic heterocycles. The van der Waals surface area contributed by atoms with Crippen LogP contribution in [-0.4, -0.2) is 28.3 Å². The number of ether oxygens (including phenoxy) is 1. The second-order valence-corrected chi connectivity index (χ2v) is 8.46. The van der Waals surface area contributed by atoms with Crippen LogP contribution in [0.4, 0.5) is 5.69 Å². The Balaban J connectivity index is 1.19. The summed E-state index contributed by atoms with van der Waals surface area (Å²) >= 11 is 1.50. The van der Waals surface area contributed by atoms with E-state index in [1.54, 1.807) is 42.6 Å². The lowest BCUT2D eigenvalue weighted by Gasteiger charge is -2.09. The van der Waals surface area contributed by atoms with Gasteiger partial charge in [-0.15, -0.1) is 0 Å². The van der Waals surface area contributed by atoms with Crippen molar-refractivity contribution < 1.29 is 14.3 Å². The second-order valence-electron chi connectivity index (χ2n) is 7.48. The van der Waals surface area contributed by atoms with Crippen LogP contribution in [0.2, 0.25) is 0 Å². The Morgan fingerprint density at radius 3 is 2.44 bits per heavy atom. The van der Waals surface area contributed by atoms with Gasteiger partial charge in [0, 0.05) is 28.6 Å². The van der Waals surface area contributed by atoms with Crippen molar-refractivity contribution in [3.05, 3.63) is 108 Å². The molecule has 5 rings (SSSR count). The monoisotopic (exact) mass is 465 g/mol. The van der Waals surface area contributed by atoms with Crippen molar-refractivity contribution in [3.8, 4) is 16.3 Å². The molecule has 34 heavy (non-hydrogen) atoms. The molecule has 5 aromatic rings. The fraction of sp³-hybridized carbons (Fsp3) is 0.0370. The number of anilines is 1. The number of carbonyl (C=O) groups is 2. The van der Waals surface area contributed by atoms with Gasteiger partial charge in [0.05, 0.1) is 0 Å². The van der Waals surface area contributed by atoms with Gasteiger partial charge in [-0.05, 0) is 48.5 Å². The van der Waals surface area contributed by atoms with E-state index >= 15 is 0 Å². The molecule has 166 valence electrons. The van der Waals surface area contributed by atoms with Gasteiger partial charge in [0.1, 0.15) is 21.1 Å². The smallest absolute Gasteiger partial charge is 0.262 e. The molecule has 0 bridgehead atoms. The van der Waals surface area contributed by atoms with Gasteiger partial charge in [-0.25, -0.2) is 9.97 Å². The van der Waals surface area contributed by atoms with E-state index in [1.165, 1.54) is 11.3 Å². The first-order valence-corrected chi connectivity index (χ1v) is 11.4. The number of fused-ring (bicyclic) bond motifs is 1. The average Bonchev–Trinajstić information content (AvgIpc) is 3.33. The minimum atomic E-state index is -0.285. The van der Waals surface area contributed by atoms with Crippen LogP contribution in [0, 0.1) is 0 Å². The van der Waals surface area contributed by atoms with E-state index < -0.39 is 0 Å². The topological polar surface area (TPSA) is 81.2 Å². The average molecular weight is 466 g/mol. The molecule has 0 aliphatic rings. The maximum absolute atomic E-state index is 12.5. The molecule has 2 aromatic heterocycles. The molecule has 0 unspecified atom stereocenters. The number of rotatable bonds is 7. The van der Waals surface area contributed by atoms with Crippen molar-refractivity contribution in [2.24, 2.45) is 0 Å².